The van der Waals surface area contributed by atoms with Gasteiger partial charge in [-0.05, 0) is 66.8 Å². The Hall–Kier alpha value is -2.19. The van der Waals surface area contributed by atoms with Crippen LogP contribution in [0, 0.1) is 6.92 Å². The number of nitrogens with zero attached hydrogens (tertiary/aromatic N) is 5. The van der Waals surface area contributed by atoms with Gasteiger partial charge in [-0.2, -0.15) is 4.37 Å². The molecule has 0 amide bonds. The predicted molar refractivity (Wildman–Crippen MR) is 97.8 cm³/mol. The van der Waals surface area contributed by atoms with Crippen molar-refractivity contribution in [1.29, 1.82) is 0 Å². The molecular formula is C17H15N5OS2. The van der Waals surface area contributed by atoms with E-state index in [1.54, 1.807) is 7.11 Å². The van der Waals surface area contributed by atoms with E-state index in [9.17, 15) is 0 Å². The number of benzene rings is 1. The Balaban J connectivity index is 1.65. The van der Waals surface area contributed by atoms with Crippen LogP contribution in [0.3, 0.4) is 0 Å². The van der Waals surface area contributed by atoms with E-state index in [4.69, 9.17) is 4.74 Å². The Kier molecular flexibility index (Phi) is 3.42. The topological polar surface area (TPSA) is 65.2 Å². The lowest BCUT2D eigenvalue weighted by Gasteiger charge is -2.08. The molecule has 126 valence electrons. The second kappa shape index (κ2) is 5.67. The molecule has 4 aromatic rings. The van der Waals surface area contributed by atoms with E-state index in [1.807, 2.05) is 12.1 Å². The number of rotatable bonds is 4. The molecule has 3 heterocycles. The molecule has 0 aliphatic heterocycles. The zero-order valence-corrected chi connectivity index (χ0v) is 15.4. The number of hydrogen-bond donors (Lipinski definition) is 0. The fourth-order valence-corrected chi connectivity index (χ4v) is 4.58. The van der Waals surface area contributed by atoms with Gasteiger partial charge in [-0.1, -0.05) is 0 Å². The summed E-state index contributed by atoms with van der Waals surface area (Å²) in [6.07, 6.45) is 2.41. The summed E-state index contributed by atoms with van der Waals surface area (Å²) in [6.45, 7) is 2.09. The lowest BCUT2D eigenvalue weighted by Crippen LogP contribution is -1.94. The highest BCUT2D eigenvalue weighted by Crippen LogP contribution is 2.40. The van der Waals surface area contributed by atoms with Gasteiger partial charge >= 0.3 is 0 Å². The summed E-state index contributed by atoms with van der Waals surface area (Å²) in [4.78, 5) is 4.65. The molecule has 0 saturated heterocycles. The summed E-state index contributed by atoms with van der Waals surface area (Å²) in [7, 11) is 1.68. The second-order valence-electron chi connectivity index (χ2n) is 6.18. The third-order valence-corrected chi connectivity index (χ3v) is 6.13. The summed E-state index contributed by atoms with van der Waals surface area (Å²) in [6, 6.07) is 8.14. The molecule has 0 atom stereocenters. The van der Waals surface area contributed by atoms with Gasteiger partial charge in [0.2, 0.25) is 5.16 Å². The molecule has 1 fully saturated rings. The van der Waals surface area contributed by atoms with Gasteiger partial charge in [-0.15, -0.1) is 10.2 Å². The molecule has 0 bridgehead atoms. The minimum atomic E-state index is 0.563. The lowest BCUT2D eigenvalue weighted by atomic mass is 10.1. The molecule has 0 N–H and O–H groups in total. The SMILES string of the molecule is COc1ccc2c(C)cc3nnc(Sc4nc(C5CC5)ns4)n3c2c1. The summed E-state index contributed by atoms with van der Waals surface area (Å²) in [5, 5.41) is 10.7. The molecule has 1 aliphatic rings. The highest BCUT2D eigenvalue weighted by Gasteiger charge is 2.28. The Morgan fingerprint density at radius 2 is 2.12 bits per heavy atom. The van der Waals surface area contributed by atoms with Gasteiger partial charge < -0.3 is 4.74 Å². The van der Waals surface area contributed by atoms with Crippen LogP contribution in [0.1, 0.15) is 30.1 Å². The van der Waals surface area contributed by atoms with Crippen molar-refractivity contribution in [2.24, 2.45) is 0 Å². The Morgan fingerprint density at radius 1 is 1.24 bits per heavy atom. The smallest absolute Gasteiger partial charge is 0.203 e. The molecule has 0 unspecified atom stereocenters. The zero-order chi connectivity index (χ0) is 17.0. The molecule has 8 heteroatoms. The van der Waals surface area contributed by atoms with Crippen LogP contribution >= 0.6 is 23.3 Å². The van der Waals surface area contributed by atoms with Gasteiger partial charge in [-0.25, -0.2) is 4.98 Å². The number of aryl methyl sites for hydroxylation is 1. The van der Waals surface area contributed by atoms with Crippen LogP contribution in [0.5, 0.6) is 5.75 Å². The highest BCUT2D eigenvalue weighted by atomic mass is 32.2. The molecule has 1 aromatic carbocycles. The molecule has 0 spiro atoms. The molecular weight excluding hydrogens is 354 g/mol. The summed E-state index contributed by atoms with van der Waals surface area (Å²) >= 11 is 2.95. The first-order valence-electron chi connectivity index (χ1n) is 8.07. The number of aromatic nitrogens is 5. The van der Waals surface area contributed by atoms with Crippen molar-refractivity contribution >= 4 is 39.8 Å². The Morgan fingerprint density at radius 3 is 2.92 bits per heavy atom. The molecule has 6 nitrogen and oxygen atoms in total. The fourth-order valence-electron chi connectivity index (χ4n) is 2.94. The van der Waals surface area contributed by atoms with Crippen LogP contribution in [0.25, 0.3) is 16.6 Å². The van der Waals surface area contributed by atoms with Crippen molar-refractivity contribution in [3.05, 3.63) is 35.7 Å². The molecule has 0 radical (unpaired) electrons. The Bertz CT molecular complexity index is 1100. The van der Waals surface area contributed by atoms with Crippen molar-refractivity contribution < 1.29 is 4.74 Å². The average Bonchev–Trinajstić information content (AvgIpc) is 3.25. The highest BCUT2D eigenvalue weighted by molar-refractivity contribution is 8.00. The molecule has 3 aromatic heterocycles. The van der Waals surface area contributed by atoms with Crippen molar-refractivity contribution in [1.82, 2.24) is 24.0 Å². The zero-order valence-electron chi connectivity index (χ0n) is 13.8. The van der Waals surface area contributed by atoms with Gasteiger partial charge in [0, 0.05) is 17.4 Å². The maximum atomic E-state index is 5.40. The van der Waals surface area contributed by atoms with E-state index in [2.05, 4.69) is 43.0 Å². The van der Waals surface area contributed by atoms with E-state index >= 15 is 0 Å². The minimum absolute atomic E-state index is 0.563. The number of hydrogen-bond acceptors (Lipinski definition) is 7. The molecule has 5 rings (SSSR count). The third-order valence-electron chi connectivity index (χ3n) is 4.42. The van der Waals surface area contributed by atoms with E-state index in [1.165, 1.54) is 41.7 Å². The average molecular weight is 369 g/mol. The molecule has 1 saturated carbocycles. The Labute approximate surface area is 152 Å². The fraction of sp³-hybridized carbons (Fsp3) is 0.294. The first-order chi connectivity index (χ1) is 12.2. The number of fused-ring (bicyclic) bond motifs is 3. The van der Waals surface area contributed by atoms with Crippen molar-refractivity contribution in [3.8, 4) is 5.75 Å². The van der Waals surface area contributed by atoms with Crippen LogP contribution < -0.4 is 4.74 Å². The summed E-state index contributed by atoms with van der Waals surface area (Å²) < 4.78 is 12.8. The first-order valence-corrected chi connectivity index (χ1v) is 9.66. The van der Waals surface area contributed by atoms with Gasteiger partial charge in [0.1, 0.15) is 11.6 Å². The lowest BCUT2D eigenvalue weighted by molar-refractivity contribution is 0.415. The van der Waals surface area contributed by atoms with Gasteiger partial charge in [-0.3, -0.25) is 4.40 Å². The number of pyridine rings is 1. The van der Waals surface area contributed by atoms with Gasteiger partial charge in [0.25, 0.3) is 0 Å². The number of ether oxygens (including phenoxy) is 1. The van der Waals surface area contributed by atoms with Gasteiger partial charge in [0.05, 0.1) is 12.6 Å². The van der Waals surface area contributed by atoms with Crippen molar-refractivity contribution in [2.45, 2.75) is 35.2 Å². The third kappa shape index (κ3) is 2.56. The summed E-state index contributed by atoms with van der Waals surface area (Å²) in [5.41, 5.74) is 3.03. The molecule has 25 heavy (non-hydrogen) atoms. The number of methoxy groups -OCH3 is 1. The van der Waals surface area contributed by atoms with E-state index in [0.29, 0.717) is 5.92 Å². The van der Waals surface area contributed by atoms with Crippen LogP contribution in [-0.2, 0) is 0 Å². The van der Waals surface area contributed by atoms with Crippen LogP contribution in [0.15, 0.2) is 33.8 Å². The molecule has 1 aliphatic carbocycles. The van der Waals surface area contributed by atoms with Gasteiger partial charge in [0.15, 0.2) is 9.99 Å². The first kappa shape index (κ1) is 15.1. The van der Waals surface area contributed by atoms with E-state index in [0.717, 1.165) is 37.6 Å². The van der Waals surface area contributed by atoms with E-state index < -0.39 is 0 Å². The van der Waals surface area contributed by atoms with Crippen molar-refractivity contribution in [2.75, 3.05) is 7.11 Å². The minimum Gasteiger partial charge on any atom is -0.497 e. The predicted octanol–water partition coefficient (Wildman–Crippen LogP) is 4.08. The normalized spacial score (nSPS) is 14.5. The quantitative estimate of drug-likeness (QED) is 0.540. The standard InChI is InChI=1S/C17H15N5OS2/c1-9-7-14-19-20-16(24-17-18-15(21-25-17)10-3-4-10)22(14)13-8-11(23-2)5-6-12(9)13/h5-8,10H,3-4H2,1-2H3. The van der Waals surface area contributed by atoms with E-state index in [-0.39, 0.29) is 0 Å². The van der Waals surface area contributed by atoms with Crippen LogP contribution in [-0.4, -0.2) is 31.1 Å². The van der Waals surface area contributed by atoms with Crippen LogP contribution in [0.4, 0.5) is 0 Å². The maximum Gasteiger partial charge on any atom is 0.203 e. The summed E-state index contributed by atoms with van der Waals surface area (Å²) in [5.74, 6) is 2.35. The maximum absolute atomic E-state index is 5.40. The van der Waals surface area contributed by atoms with Crippen molar-refractivity contribution in [3.63, 3.8) is 0 Å². The van der Waals surface area contributed by atoms with Crippen LogP contribution in [0.2, 0.25) is 0 Å². The largest absolute Gasteiger partial charge is 0.497 e. The monoisotopic (exact) mass is 369 g/mol. The second-order valence-corrected chi connectivity index (χ2v) is 8.15.